The summed E-state index contributed by atoms with van der Waals surface area (Å²) in [6, 6.07) is 0. The average Bonchev–Trinajstić information content (AvgIpc) is 2.24. The minimum Gasteiger partial charge on any atom is -0.376 e. The van der Waals surface area contributed by atoms with Crippen molar-refractivity contribution in [2.45, 2.75) is 31.5 Å². The maximum atomic E-state index is 11.9. The van der Waals surface area contributed by atoms with Gasteiger partial charge < -0.3 is 4.74 Å². The Morgan fingerprint density at radius 1 is 1.38 bits per heavy atom. The Balaban J connectivity index is 2.05. The topological polar surface area (TPSA) is 9.23 Å². The molecule has 0 N–H and O–H groups in total. The van der Waals surface area contributed by atoms with Crippen LogP contribution in [-0.4, -0.2) is 30.4 Å². The lowest BCUT2D eigenvalue weighted by Gasteiger charge is -2.26. The molecule has 0 aromatic heterocycles. The van der Waals surface area contributed by atoms with Crippen LogP contribution >= 0.6 is 11.8 Å². The molecule has 0 aliphatic carbocycles. The van der Waals surface area contributed by atoms with Crippen molar-refractivity contribution >= 4 is 11.8 Å². The molecule has 1 saturated heterocycles. The first-order chi connectivity index (χ1) is 7.51. The molecular weight excluding hydrogens is 237 g/mol. The van der Waals surface area contributed by atoms with Crippen molar-refractivity contribution in [3.8, 4) is 12.3 Å². The first kappa shape index (κ1) is 13.7. The van der Waals surface area contributed by atoms with E-state index in [0.717, 1.165) is 12.8 Å². The maximum absolute atomic E-state index is 11.9. The highest BCUT2D eigenvalue weighted by atomic mass is 32.2. The second-order valence-corrected chi connectivity index (χ2v) is 4.99. The van der Waals surface area contributed by atoms with Crippen molar-refractivity contribution in [2.75, 3.05) is 18.1 Å². The molecule has 0 spiro atoms. The van der Waals surface area contributed by atoms with Crippen molar-refractivity contribution in [2.24, 2.45) is 5.92 Å². The van der Waals surface area contributed by atoms with E-state index in [0.29, 0.717) is 12.4 Å². The minimum absolute atomic E-state index is 0.0721. The monoisotopic (exact) mass is 252 g/mol. The van der Waals surface area contributed by atoms with Crippen LogP contribution in [0.5, 0.6) is 0 Å². The fourth-order valence-corrected chi connectivity index (χ4v) is 2.54. The lowest BCUT2D eigenvalue weighted by molar-refractivity contribution is -0.129. The van der Waals surface area contributed by atoms with Crippen molar-refractivity contribution in [1.82, 2.24) is 0 Å². The zero-order valence-corrected chi connectivity index (χ0v) is 9.74. The minimum atomic E-state index is -4.05. The molecule has 0 amide bonds. The molecule has 1 aliphatic rings. The second kappa shape index (κ2) is 6.41. The smallest absolute Gasteiger partial charge is 0.376 e. The molecule has 1 fully saturated rings. The lowest BCUT2D eigenvalue weighted by atomic mass is 10.0. The molecule has 0 aromatic rings. The first-order valence-corrected chi connectivity index (χ1v) is 6.39. The van der Waals surface area contributed by atoms with E-state index in [9.17, 15) is 13.2 Å². The zero-order valence-electron chi connectivity index (χ0n) is 8.93. The van der Waals surface area contributed by atoms with Crippen LogP contribution in [0.15, 0.2) is 0 Å². The molecule has 16 heavy (non-hydrogen) atoms. The normalized spacial score (nSPS) is 26.4. The second-order valence-electron chi connectivity index (χ2n) is 3.84. The van der Waals surface area contributed by atoms with Gasteiger partial charge in [0.25, 0.3) is 0 Å². The summed E-state index contributed by atoms with van der Waals surface area (Å²) in [5, 5.41) is 0. The van der Waals surface area contributed by atoms with Gasteiger partial charge in [-0.1, -0.05) is 0 Å². The van der Waals surface area contributed by atoms with Gasteiger partial charge in [0.2, 0.25) is 0 Å². The van der Waals surface area contributed by atoms with Gasteiger partial charge in [-0.15, -0.1) is 12.3 Å². The lowest BCUT2D eigenvalue weighted by Crippen LogP contribution is -2.27. The van der Waals surface area contributed by atoms with Gasteiger partial charge in [0.15, 0.2) is 0 Å². The Labute approximate surface area is 98.1 Å². The highest BCUT2D eigenvalue weighted by Gasteiger charge is 2.26. The van der Waals surface area contributed by atoms with Gasteiger partial charge in [-0.2, -0.15) is 24.9 Å². The number of hydrogen-bond acceptors (Lipinski definition) is 2. The van der Waals surface area contributed by atoms with E-state index >= 15 is 0 Å². The Morgan fingerprint density at radius 2 is 2.12 bits per heavy atom. The highest BCUT2D eigenvalue weighted by molar-refractivity contribution is 7.99. The van der Waals surface area contributed by atoms with Crippen molar-refractivity contribution in [3.63, 3.8) is 0 Å². The van der Waals surface area contributed by atoms with Gasteiger partial charge in [-0.3, -0.25) is 0 Å². The molecular formula is C11H15F3OS. The van der Waals surface area contributed by atoms with Crippen molar-refractivity contribution in [3.05, 3.63) is 0 Å². The van der Waals surface area contributed by atoms with Gasteiger partial charge >= 0.3 is 6.18 Å². The highest BCUT2D eigenvalue weighted by Crippen LogP contribution is 2.25. The zero-order chi connectivity index (χ0) is 12.0. The summed E-state index contributed by atoms with van der Waals surface area (Å²) in [6.45, 7) is 0.543. The predicted octanol–water partition coefficient (Wildman–Crippen LogP) is 3.10. The molecule has 0 radical (unpaired) electrons. The molecule has 1 nitrogen and oxygen atoms in total. The first-order valence-electron chi connectivity index (χ1n) is 5.23. The molecule has 5 heteroatoms. The van der Waals surface area contributed by atoms with Crippen molar-refractivity contribution < 1.29 is 17.9 Å². The Morgan fingerprint density at radius 3 is 2.62 bits per heavy atom. The van der Waals surface area contributed by atoms with E-state index in [2.05, 4.69) is 5.92 Å². The number of halogens is 3. The maximum Gasteiger partial charge on any atom is 0.389 e. The molecule has 2 atom stereocenters. The van der Waals surface area contributed by atoms with Crippen LogP contribution in [0.25, 0.3) is 0 Å². The average molecular weight is 252 g/mol. The van der Waals surface area contributed by atoms with Crippen LogP contribution in [-0.2, 0) is 4.74 Å². The van der Waals surface area contributed by atoms with Crippen LogP contribution in [0.4, 0.5) is 13.2 Å². The van der Waals surface area contributed by atoms with Crippen LogP contribution < -0.4 is 0 Å². The molecule has 0 saturated carbocycles. The third kappa shape index (κ3) is 5.66. The summed E-state index contributed by atoms with van der Waals surface area (Å²) in [7, 11) is 0. The Hall–Kier alpha value is -0.340. The van der Waals surface area contributed by atoms with Gasteiger partial charge in [-0.25, -0.2) is 0 Å². The number of hydrogen-bond donors (Lipinski definition) is 0. The van der Waals surface area contributed by atoms with Crippen LogP contribution in [0.3, 0.4) is 0 Å². The molecule has 1 rings (SSSR count). The fourth-order valence-electron chi connectivity index (χ4n) is 1.47. The predicted molar refractivity (Wildman–Crippen MR) is 59.3 cm³/mol. The molecule has 1 aliphatic heterocycles. The summed E-state index contributed by atoms with van der Waals surface area (Å²) < 4.78 is 41.0. The van der Waals surface area contributed by atoms with Gasteiger partial charge in [0.05, 0.1) is 19.1 Å². The summed E-state index contributed by atoms with van der Waals surface area (Å²) in [4.78, 5) is 0. The van der Waals surface area contributed by atoms with E-state index in [1.165, 1.54) is 11.8 Å². The molecule has 2 unspecified atom stereocenters. The largest absolute Gasteiger partial charge is 0.389 e. The molecule has 0 aromatic carbocycles. The standard InChI is InChI=1S/C11H15F3OS/c1-2-9-3-4-10(15-7-9)8-16-6-5-11(12,13)14/h1,9-10H,3-8H2. The van der Waals surface area contributed by atoms with Crippen LogP contribution in [0, 0.1) is 18.3 Å². The van der Waals surface area contributed by atoms with E-state index in [1.54, 1.807) is 0 Å². The van der Waals surface area contributed by atoms with E-state index in [4.69, 9.17) is 11.2 Å². The third-order valence-electron chi connectivity index (χ3n) is 2.44. The van der Waals surface area contributed by atoms with Crippen LogP contribution in [0.2, 0.25) is 0 Å². The van der Waals surface area contributed by atoms with E-state index in [1.807, 2.05) is 0 Å². The quantitative estimate of drug-likeness (QED) is 0.561. The molecule has 1 heterocycles. The van der Waals surface area contributed by atoms with E-state index < -0.39 is 12.6 Å². The number of terminal acetylenes is 1. The van der Waals surface area contributed by atoms with Gasteiger partial charge in [0.1, 0.15) is 0 Å². The summed E-state index contributed by atoms with van der Waals surface area (Å²) in [6.07, 6.45) is 2.33. The van der Waals surface area contributed by atoms with Crippen LogP contribution in [0.1, 0.15) is 19.3 Å². The SMILES string of the molecule is C#CC1CCC(CSCCC(F)(F)F)OC1. The fraction of sp³-hybridized carbons (Fsp3) is 0.818. The summed E-state index contributed by atoms with van der Waals surface area (Å²) in [5.74, 6) is 3.55. The number of rotatable bonds is 4. The van der Waals surface area contributed by atoms with Gasteiger partial charge in [-0.05, 0) is 12.8 Å². The Bertz CT molecular complexity index is 239. The molecule has 0 bridgehead atoms. The summed E-state index contributed by atoms with van der Waals surface area (Å²) >= 11 is 1.30. The Kier molecular flexibility index (Phi) is 5.50. The number of alkyl halides is 3. The molecule has 92 valence electrons. The summed E-state index contributed by atoms with van der Waals surface area (Å²) in [5.41, 5.74) is 0. The number of ether oxygens (including phenoxy) is 1. The van der Waals surface area contributed by atoms with E-state index in [-0.39, 0.29) is 17.8 Å². The van der Waals surface area contributed by atoms with Crippen molar-refractivity contribution in [1.29, 1.82) is 0 Å². The van der Waals surface area contributed by atoms with Gasteiger partial charge in [0, 0.05) is 17.4 Å². The number of thioether (sulfide) groups is 1. The third-order valence-corrected chi connectivity index (χ3v) is 3.54.